The lowest BCUT2D eigenvalue weighted by atomic mass is 10.1. The molecule has 1 fully saturated rings. The summed E-state index contributed by atoms with van der Waals surface area (Å²) in [6, 6.07) is 3.71. The second kappa shape index (κ2) is 5.78. The highest BCUT2D eigenvalue weighted by molar-refractivity contribution is 7.91. The Bertz CT molecular complexity index is 599. The van der Waals surface area contributed by atoms with Crippen molar-refractivity contribution in [1.82, 2.24) is 10.3 Å². The van der Waals surface area contributed by atoms with Crippen LogP contribution < -0.4 is 10.2 Å². The Balaban J connectivity index is 1.98. The van der Waals surface area contributed by atoms with Gasteiger partial charge in [-0.15, -0.1) is 0 Å². The number of sulfone groups is 1. The Hall–Kier alpha value is -1.63. The number of hydrogen-bond donors (Lipinski definition) is 1. The Labute approximate surface area is 119 Å². The van der Waals surface area contributed by atoms with Crippen LogP contribution in [0, 0.1) is 5.92 Å². The van der Waals surface area contributed by atoms with Gasteiger partial charge in [-0.1, -0.05) is 6.07 Å². The van der Waals surface area contributed by atoms with Crippen molar-refractivity contribution in [3.63, 3.8) is 0 Å². The van der Waals surface area contributed by atoms with Crippen LogP contribution >= 0.6 is 0 Å². The third kappa shape index (κ3) is 3.47. The van der Waals surface area contributed by atoms with E-state index >= 15 is 0 Å². The molecule has 0 aromatic carbocycles. The molecule has 7 heteroatoms. The van der Waals surface area contributed by atoms with Crippen LogP contribution in [0.2, 0.25) is 0 Å². The Morgan fingerprint density at radius 1 is 1.50 bits per heavy atom. The monoisotopic (exact) mass is 297 g/mol. The summed E-state index contributed by atoms with van der Waals surface area (Å²) in [6.45, 7) is 0.358. The molecule has 1 amide bonds. The van der Waals surface area contributed by atoms with Crippen LogP contribution in [-0.2, 0) is 21.2 Å². The van der Waals surface area contributed by atoms with Crippen LogP contribution in [0.5, 0.6) is 0 Å². The topological polar surface area (TPSA) is 79.4 Å². The molecule has 1 N–H and O–H groups in total. The van der Waals surface area contributed by atoms with Crippen molar-refractivity contribution in [2.45, 2.75) is 13.0 Å². The molecule has 1 aliphatic rings. The van der Waals surface area contributed by atoms with E-state index < -0.39 is 15.8 Å². The normalized spacial score (nSPS) is 20.6. The summed E-state index contributed by atoms with van der Waals surface area (Å²) in [6.07, 6.45) is 2.12. The highest BCUT2D eigenvalue weighted by Gasteiger charge is 2.32. The van der Waals surface area contributed by atoms with E-state index in [9.17, 15) is 13.2 Å². The molecule has 110 valence electrons. The first-order chi connectivity index (χ1) is 9.39. The van der Waals surface area contributed by atoms with E-state index in [0.29, 0.717) is 13.0 Å². The van der Waals surface area contributed by atoms with E-state index in [1.54, 1.807) is 6.20 Å². The smallest absolute Gasteiger partial charge is 0.224 e. The van der Waals surface area contributed by atoms with Gasteiger partial charge < -0.3 is 10.2 Å². The number of nitrogens with one attached hydrogen (secondary N) is 1. The van der Waals surface area contributed by atoms with E-state index in [1.807, 2.05) is 31.1 Å². The lowest BCUT2D eigenvalue weighted by Crippen LogP contribution is -2.31. The molecule has 0 unspecified atom stereocenters. The first-order valence-electron chi connectivity index (χ1n) is 6.48. The van der Waals surface area contributed by atoms with Crippen molar-refractivity contribution >= 4 is 21.6 Å². The van der Waals surface area contributed by atoms with Gasteiger partial charge in [0, 0.05) is 32.4 Å². The second-order valence-corrected chi connectivity index (χ2v) is 7.43. The second-order valence-electron chi connectivity index (χ2n) is 5.20. The van der Waals surface area contributed by atoms with Gasteiger partial charge in [0.1, 0.15) is 5.82 Å². The molecule has 1 saturated heterocycles. The van der Waals surface area contributed by atoms with Gasteiger partial charge >= 0.3 is 0 Å². The van der Waals surface area contributed by atoms with E-state index in [1.165, 1.54) is 0 Å². The van der Waals surface area contributed by atoms with Crippen LogP contribution in [0.3, 0.4) is 0 Å². The third-order valence-corrected chi connectivity index (χ3v) is 5.12. The number of nitrogens with zero attached hydrogens (tertiary/aromatic N) is 2. The van der Waals surface area contributed by atoms with E-state index in [-0.39, 0.29) is 17.4 Å². The van der Waals surface area contributed by atoms with Gasteiger partial charge in [0.05, 0.1) is 17.4 Å². The lowest BCUT2D eigenvalue weighted by molar-refractivity contribution is -0.124. The van der Waals surface area contributed by atoms with E-state index in [2.05, 4.69) is 10.3 Å². The van der Waals surface area contributed by atoms with Gasteiger partial charge in [-0.3, -0.25) is 4.79 Å². The molecule has 0 bridgehead atoms. The predicted molar refractivity (Wildman–Crippen MR) is 77.2 cm³/mol. The number of carbonyl (C=O) groups is 1. The highest BCUT2D eigenvalue weighted by Crippen LogP contribution is 2.19. The van der Waals surface area contributed by atoms with Crippen LogP contribution in [0.1, 0.15) is 12.0 Å². The lowest BCUT2D eigenvalue weighted by Gasteiger charge is -2.16. The van der Waals surface area contributed by atoms with Crippen molar-refractivity contribution in [2.75, 3.05) is 30.5 Å². The van der Waals surface area contributed by atoms with Crippen molar-refractivity contribution in [1.29, 1.82) is 0 Å². The number of carbonyl (C=O) groups excluding carboxylic acids is 1. The molecular formula is C13H19N3O3S. The van der Waals surface area contributed by atoms with Crippen molar-refractivity contribution in [3.05, 3.63) is 23.9 Å². The third-order valence-electron chi connectivity index (χ3n) is 3.35. The molecule has 2 rings (SSSR count). The average Bonchev–Trinajstić information content (AvgIpc) is 2.76. The zero-order valence-corrected chi connectivity index (χ0v) is 12.5. The minimum absolute atomic E-state index is 0.0353. The fourth-order valence-electron chi connectivity index (χ4n) is 2.30. The van der Waals surface area contributed by atoms with Crippen LogP contribution in [0.4, 0.5) is 5.82 Å². The first kappa shape index (κ1) is 14.8. The molecule has 1 aromatic rings. The van der Waals surface area contributed by atoms with Crippen molar-refractivity contribution in [2.24, 2.45) is 5.92 Å². The molecule has 1 aliphatic heterocycles. The number of amides is 1. The van der Waals surface area contributed by atoms with E-state index in [0.717, 1.165) is 11.4 Å². The van der Waals surface area contributed by atoms with Crippen LogP contribution in [-0.4, -0.2) is 44.9 Å². The zero-order chi connectivity index (χ0) is 14.8. The number of rotatable bonds is 4. The van der Waals surface area contributed by atoms with Gasteiger partial charge in [-0.25, -0.2) is 13.4 Å². The minimum atomic E-state index is -3.03. The standard InChI is InChI=1S/C13H19N3O3S/c1-16(2)12-10(4-3-6-14-12)8-15-13(17)11-5-7-20(18,19)9-11/h3-4,6,11H,5,7-9H2,1-2H3,(H,15,17)/t11-/m1/s1. The Morgan fingerprint density at radius 2 is 2.25 bits per heavy atom. The summed E-state index contributed by atoms with van der Waals surface area (Å²) in [4.78, 5) is 18.1. The molecule has 0 radical (unpaired) electrons. The number of aromatic nitrogens is 1. The average molecular weight is 297 g/mol. The number of pyridine rings is 1. The van der Waals surface area contributed by atoms with Gasteiger partial charge in [0.15, 0.2) is 9.84 Å². The Morgan fingerprint density at radius 3 is 2.85 bits per heavy atom. The SMILES string of the molecule is CN(C)c1ncccc1CNC(=O)[C@@H]1CCS(=O)(=O)C1. The number of hydrogen-bond acceptors (Lipinski definition) is 5. The predicted octanol–water partition coefficient (Wildman–Crippen LogP) is 0.198. The maximum Gasteiger partial charge on any atom is 0.224 e. The quantitative estimate of drug-likeness (QED) is 0.859. The zero-order valence-electron chi connectivity index (χ0n) is 11.7. The molecule has 0 saturated carbocycles. The van der Waals surface area contributed by atoms with Gasteiger partial charge in [0.2, 0.25) is 5.91 Å². The fraction of sp³-hybridized carbons (Fsp3) is 0.538. The largest absolute Gasteiger partial charge is 0.362 e. The molecule has 0 spiro atoms. The minimum Gasteiger partial charge on any atom is -0.362 e. The molecular weight excluding hydrogens is 278 g/mol. The summed E-state index contributed by atoms with van der Waals surface area (Å²) in [7, 11) is 0.746. The van der Waals surface area contributed by atoms with E-state index in [4.69, 9.17) is 0 Å². The summed E-state index contributed by atoms with van der Waals surface area (Å²) in [5.74, 6) is 0.263. The maximum absolute atomic E-state index is 12.0. The first-order valence-corrected chi connectivity index (χ1v) is 8.30. The van der Waals surface area contributed by atoms with Crippen molar-refractivity contribution < 1.29 is 13.2 Å². The summed E-state index contributed by atoms with van der Waals surface area (Å²) >= 11 is 0. The van der Waals surface area contributed by atoms with Gasteiger partial charge in [-0.2, -0.15) is 0 Å². The van der Waals surface area contributed by atoms with Gasteiger partial charge in [0.25, 0.3) is 0 Å². The molecule has 0 aliphatic carbocycles. The van der Waals surface area contributed by atoms with Crippen LogP contribution in [0.25, 0.3) is 0 Å². The van der Waals surface area contributed by atoms with Gasteiger partial charge in [-0.05, 0) is 12.5 Å². The molecule has 2 heterocycles. The molecule has 6 nitrogen and oxygen atoms in total. The molecule has 20 heavy (non-hydrogen) atoms. The molecule has 1 aromatic heterocycles. The maximum atomic E-state index is 12.0. The molecule has 1 atom stereocenters. The van der Waals surface area contributed by atoms with Crippen molar-refractivity contribution in [3.8, 4) is 0 Å². The highest BCUT2D eigenvalue weighted by atomic mass is 32.2. The summed E-state index contributed by atoms with van der Waals surface area (Å²) in [5.41, 5.74) is 0.909. The summed E-state index contributed by atoms with van der Waals surface area (Å²) in [5, 5.41) is 2.80. The number of anilines is 1. The Kier molecular flexibility index (Phi) is 4.27. The summed E-state index contributed by atoms with van der Waals surface area (Å²) < 4.78 is 22.7. The van der Waals surface area contributed by atoms with Crippen LogP contribution in [0.15, 0.2) is 18.3 Å². The fourth-order valence-corrected chi connectivity index (χ4v) is 4.04.